The smallest absolute Gasteiger partial charge is 0.154 e. The van der Waals surface area contributed by atoms with E-state index in [9.17, 15) is 4.39 Å². The molecule has 0 atom stereocenters. The number of fused-ring (bicyclic) bond motifs is 1. The van der Waals surface area contributed by atoms with Crippen molar-refractivity contribution in [1.82, 2.24) is 0 Å². The summed E-state index contributed by atoms with van der Waals surface area (Å²) in [6.07, 6.45) is 0. The number of anilines is 1. The van der Waals surface area contributed by atoms with Gasteiger partial charge in [-0.05, 0) is 23.6 Å². The van der Waals surface area contributed by atoms with Crippen LogP contribution in [-0.4, -0.2) is 0 Å². The molecule has 0 radical (unpaired) electrons. The normalized spacial score (nSPS) is 10.6. The fourth-order valence-electron chi connectivity index (χ4n) is 1.03. The molecule has 56 valence electrons. The standard InChI is InChI=1S/C8H6FNS/c9-8-5-3-4-11-7(5)2-1-6(8)10/h1-4H,10H2. The van der Waals surface area contributed by atoms with Crippen LogP contribution in [0.1, 0.15) is 0 Å². The molecule has 0 amide bonds. The van der Waals surface area contributed by atoms with Gasteiger partial charge >= 0.3 is 0 Å². The molecule has 0 fully saturated rings. The molecule has 0 aliphatic rings. The maximum Gasteiger partial charge on any atom is 0.154 e. The van der Waals surface area contributed by atoms with Crippen molar-refractivity contribution >= 4 is 27.1 Å². The Balaban J connectivity index is 2.93. The van der Waals surface area contributed by atoms with Crippen LogP contribution in [0.2, 0.25) is 0 Å². The summed E-state index contributed by atoms with van der Waals surface area (Å²) in [4.78, 5) is 0. The first-order valence-electron chi connectivity index (χ1n) is 3.20. The average molecular weight is 167 g/mol. The van der Waals surface area contributed by atoms with Gasteiger partial charge in [0.2, 0.25) is 0 Å². The predicted octanol–water partition coefficient (Wildman–Crippen LogP) is 2.62. The molecule has 1 nitrogen and oxygen atoms in total. The lowest BCUT2D eigenvalue weighted by atomic mass is 10.2. The third kappa shape index (κ3) is 0.886. The fraction of sp³-hybridized carbons (Fsp3) is 0. The third-order valence-corrected chi connectivity index (χ3v) is 2.48. The Morgan fingerprint density at radius 3 is 2.91 bits per heavy atom. The van der Waals surface area contributed by atoms with Gasteiger partial charge in [0.1, 0.15) is 0 Å². The van der Waals surface area contributed by atoms with Crippen LogP contribution in [0.15, 0.2) is 23.6 Å². The Morgan fingerprint density at radius 2 is 2.09 bits per heavy atom. The lowest BCUT2D eigenvalue weighted by Gasteiger charge is -1.95. The Morgan fingerprint density at radius 1 is 1.27 bits per heavy atom. The van der Waals surface area contributed by atoms with E-state index in [4.69, 9.17) is 5.73 Å². The molecule has 2 rings (SSSR count). The Kier molecular flexibility index (Phi) is 1.32. The maximum atomic E-state index is 13.1. The Bertz CT molecular complexity index is 394. The summed E-state index contributed by atoms with van der Waals surface area (Å²) in [5, 5.41) is 2.47. The first-order chi connectivity index (χ1) is 5.29. The summed E-state index contributed by atoms with van der Waals surface area (Å²) in [5.41, 5.74) is 5.59. The average Bonchev–Trinajstić information content (AvgIpc) is 2.45. The molecule has 1 aromatic carbocycles. The summed E-state index contributed by atoms with van der Waals surface area (Å²) >= 11 is 1.51. The van der Waals surface area contributed by atoms with E-state index in [0.717, 1.165) is 4.70 Å². The van der Waals surface area contributed by atoms with Gasteiger partial charge in [-0.3, -0.25) is 0 Å². The molecule has 0 aliphatic heterocycles. The van der Waals surface area contributed by atoms with Gasteiger partial charge in [-0.25, -0.2) is 4.39 Å². The molecule has 0 spiro atoms. The number of hydrogen-bond acceptors (Lipinski definition) is 2. The number of rotatable bonds is 0. The van der Waals surface area contributed by atoms with Crippen molar-refractivity contribution in [2.24, 2.45) is 0 Å². The second-order valence-electron chi connectivity index (χ2n) is 2.30. The van der Waals surface area contributed by atoms with Gasteiger partial charge < -0.3 is 5.73 Å². The number of nitrogen functional groups attached to an aromatic ring is 1. The predicted molar refractivity (Wildman–Crippen MR) is 46.2 cm³/mol. The minimum absolute atomic E-state index is 0.218. The van der Waals surface area contributed by atoms with E-state index in [1.54, 1.807) is 12.1 Å². The quantitative estimate of drug-likeness (QED) is 0.600. The molecular formula is C8H6FNS. The van der Waals surface area contributed by atoms with Crippen LogP contribution in [0.5, 0.6) is 0 Å². The zero-order valence-corrected chi connectivity index (χ0v) is 6.49. The minimum atomic E-state index is -0.302. The Hall–Kier alpha value is -1.09. The molecule has 3 heteroatoms. The van der Waals surface area contributed by atoms with E-state index >= 15 is 0 Å². The van der Waals surface area contributed by atoms with Crippen molar-refractivity contribution in [3.63, 3.8) is 0 Å². The van der Waals surface area contributed by atoms with Crippen molar-refractivity contribution in [2.45, 2.75) is 0 Å². The van der Waals surface area contributed by atoms with Gasteiger partial charge in [0.25, 0.3) is 0 Å². The highest BCUT2D eigenvalue weighted by Crippen LogP contribution is 2.26. The van der Waals surface area contributed by atoms with Crippen LogP contribution in [0, 0.1) is 5.82 Å². The zero-order valence-electron chi connectivity index (χ0n) is 5.67. The minimum Gasteiger partial charge on any atom is -0.396 e. The largest absolute Gasteiger partial charge is 0.396 e. The summed E-state index contributed by atoms with van der Waals surface area (Å²) in [5.74, 6) is -0.302. The van der Waals surface area contributed by atoms with Gasteiger partial charge in [0.15, 0.2) is 5.82 Å². The first kappa shape index (κ1) is 6.61. The monoisotopic (exact) mass is 167 g/mol. The van der Waals surface area contributed by atoms with Crippen LogP contribution in [-0.2, 0) is 0 Å². The maximum absolute atomic E-state index is 13.1. The summed E-state index contributed by atoms with van der Waals surface area (Å²) < 4.78 is 14.1. The number of nitrogens with two attached hydrogens (primary N) is 1. The highest BCUT2D eigenvalue weighted by molar-refractivity contribution is 7.17. The first-order valence-corrected chi connectivity index (χ1v) is 4.08. The van der Waals surface area contributed by atoms with Crippen LogP contribution >= 0.6 is 11.3 Å². The van der Waals surface area contributed by atoms with Gasteiger partial charge in [-0.2, -0.15) is 0 Å². The van der Waals surface area contributed by atoms with E-state index in [1.165, 1.54) is 11.3 Å². The van der Waals surface area contributed by atoms with Crippen molar-refractivity contribution in [3.8, 4) is 0 Å². The topological polar surface area (TPSA) is 26.0 Å². The lowest BCUT2D eigenvalue weighted by molar-refractivity contribution is 0.644. The molecule has 2 aromatic rings. The Labute approximate surface area is 67.3 Å². The van der Waals surface area contributed by atoms with Crippen LogP contribution < -0.4 is 5.73 Å². The summed E-state index contributed by atoms with van der Waals surface area (Å²) in [6.45, 7) is 0. The van der Waals surface area contributed by atoms with Crippen LogP contribution in [0.3, 0.4) is 0 Å². The van der Waals surface area contributed by atoms with Crippen molar-refractivity contribution < 1.29 is 4.39 Å². The van der Waals surface area contributed by atoms with E-state index < -0.39 is 0 Å². The van der Waals surface area contributed by atoms with Crippen molar-refractivity contribution in [1.29, 1.82) is 0 Å². The molecule has 0 unspecified atom stereocenters. The van der Waals surface area contributed by atoms with E-state index in [2.05, 4.69) is 0 Å². The lowest BCUT2D eigenvalue weighted by Crippen LogP contribution is -1.88. The SMILES string of the molecule is Nc1ccc2sccc2c1F. The number of benzene rings is 1. The molecule has 0 aliphatic carbocycles. The highest BCUT2D eigenvalue weighted by atomic mass is 32.1. The molecule has 1 heterocycles. The molecule has 2 N–H and O–H groups in total. The number of halogens is 1. The molecular weight excluding hydrogens is 161 g/mol. The molecule has 11 heavy (non-hydrogen) atoms. The molecule has 1 aromatic heterocycles. The summed E-state index contributed by atoms with van der Waals surface area (Å²) in [7, 11) is 0. The van der Waals surface area contributed by atoms with Gasteiger partial charge in [-0.1, -0.05) is 0 Å². The van der Waals surface area contributed by atoms with Crippen LogP contribution in [0.25, 0.3) is 10.1 Å². The molecule has 0 saturated carbocycles. The van der Waals surface area contributed by atoms with Gasteiger partial charge in [-0.15, -0.1) is 11.3 Å². The number of hydrogen-bond donors (Lipinski definition) is 1. The zero-order chi connectivity index (χ0) is 7.84. The van der Waals surface area contributed by atoms with Crippen molar-refractivity contribution in [3.05, 3.63) is 29.4 Å². The van der Waals surface area contributed by atoms with Crippen molar-refractivity contribution in [2.75, 3.05) is 5.73 Å². The second-order valence-corrected chi connectivity index (χ2v) is 3.25. The second kappa shape index (κ2) is 2.20. The van der Waals surface area contributed by atoms with E-state index in [1.807, 2.05) is 11.4 Å². The highest BCUT2D eigenvalue weighted by Gasteiger charge is 2.03. The van der Waals surface area contributed by atoms with Crippen LogP contribution in [0.4, 0.5) is 10.1 Å². The number of thiophene rings is 1. The third-order valence-electron chi connectivity index (χ3n) is 1.60. The van der Waals surface area contributed by atoms with Gasteiger partial charge in [0.05, 0.1) is 5.69 Å². The molecule has 0 bridgehead atoms. The summed E-state index contributed by atoms with van der Waals surface area (Å²) in [6, 6.07) is 5.16. The van der Waals surface area contributed by atoms with E-state index in [-0.39, 0.29) is 11.5 Å². The van der Waals surface area contributed by atoms with E-state index in [0.29, 0.717) is 5.39 Å². The fourth-order valence-corrected chi connectivity index (χ4v) is 1.81. The van der Waals surface area contributed by atoms with Gasteiger partial charge in [0, 0.05) is 10.1 Å². The molecule has 0 saturated heterocycles.